The zero-order valence-corrected chi connectivity index (χ0v) is 14.0. The van der Waals surface area contributed by atoms with Crippen LogP contribution in [0.15, 0.2) is 56.7 Å². The first-order valence-corrected chi connectivity index (χ1v) is 8.27. The second-order valence-corrected chi connectivity index (χ2v) is 5.88. The second-order valence-electron chi connectivity index (χ2n) is 4.96. The average Bonchev–Trinajstić information content (AvgIpc) is 3.30. The van der Waals surface area contributed by atoms with Crippen molar-refractivity contribution in [3.8, 4) is 11.5 Å². The highest BCUT2D eigenvalue weighted by molar-refractivity contribution is 7.99. The molecule has 0 atom stereocenters. The first kappa shape index (κ1) is 16.8. The molecule has 0 aliphatic carbocycles. The van der Waals surface area contributed by atoms with Gasteiger partial charge < -0.3 is 8.83 Å². The Hall–Kier alpha value is -3.07. The number of furan rings is 1. The predicted molar refractivity (Wildman–Crippen MR) is 89.5 cm³/mol. The number of aromatic nitrogens is 2. The molecule has 25 heavy (non-hydrogen) atoms. The van der Waals surface area contributed by atoms with Gasteiger partial charge in [0, 0.05) is 5.56 Å². The molecule has 2 aromatic heterocycles. The lowest BCUT2D eigenvalue weighted by Gasteiger charge is -2.04. The fourth-order valence-electron chi connectivity index (χ4n) is 1.95. The molecule has 128 valence electrons. The summed E-state index contributed by atoms with van der Waals surface area (Å²) < 4.78 is 10.5. The van der Waals surface area contributed by atoms with Gasteiger partial charge in [-0.05, 0) is 30.7 Å². The number of nitrogens with zero attached hydrogens (tertiary/aromatic N) is 2. The normalized spacial score (nSPS) is 10.4. The summed E-state index contributed by atoms with van der Waals surface area (Å²) in [6.45, 7) is 1.95. The van der Waals surface area contributed by atoms with E-state index in [0.29, 0.717) is 5.89 Å². The third-order valence-corrected chi connectivity index (χ3v) is 3.99. The number of thioether (sulfide) groups is 1. The Morgan fingerprint density at radius 1 is 1.12 bits per heavy atom. The first-order valence-electron chi connectivity index (χ1n) is 7.28. The van der Waals surface area contributed by atoms with Gasteiger partial charge in [0.25, 0.3) is 5.22 Å². The van der Waals surface area contributed by atoms with Crippen molar-refractivity contribution >= 4 is 23.6 Å². The molecule has 0 saturated carbocycles. The van der Waals surface area contributed by atoms with Gasteiger partial charge in [0.15, 0.2) is 5.76 Å². The van der Waals surface area contributed by atoms with Crippen molar-refractivity contribution in [1.29, 1.82) is 0 Å². The Kier molecular flexibility index (Phi) is 5.14. The summed E-state index contributed by atoms with van der Waals surface area (Å²) in [4.78, 5) is 23.4. The second kappa shape index (κ2) is 7.67. The molecule has 2 amide bonds. The quantitative estimate of drug-likeness (QED) is 0.531. The fraction of sp³-hybridized carbons (Fsp3) is 0.125. The number of nitrogens with one attached hydrogen (secondary N) is 2. The summed E-state index contributed by atoms with van der Waals surface area (Å²) in [6.07, 6.45) is 1.37. The molecule has 0 unspecified atom stereocenters. The van der Waals surface area contributed by atoms with Crippen LogP contribution in [0.25, 0.3) is 11.5 Å². The lowest BCUT2D eigenvalue weighted by atomic mass is 10.1. The van der Waals surface area contributed by atoms with Crippen LogP contribution in [0.3, 0.4) is 0 Å². The standard InChI is InChI=1S/C16H14N4O4S/c1-10-5-2-3-6-11(10)15-19-20-16(24-15)25-9-13(21)17-18-14(22)12-7-4-8-23-12/h2-8H,9H2,1H3,(H,17,21)(H,18,22). The number of benzene rings is 1. The number of hydrazine groups is 1. The van der Waals surface area contributed by atoms with Crippen molar-refractivity contribution in [2.45, 2.75) is 12.1 Å². The number of rotatable bonds is 5. The van der Waals surface area contributed by atoms with Crippen molar-refractivity contribution in [1.82, 2.24) is 21.0 Å². The number of carbonyl (C=O) groups is 2. The summed E-state index contributed by atoms with van der Waals surface area (Å²) in [7, 11) is 0. The summed E-state index contributed by atoms with van der Waals surface area (Å²) in [5, 5.41) is 8.16. The van der Waals surface area contributed by atoms with Crippen LogP contribution >= 0.6 is 11.8 Å². The van der Waals surface area contributed by atoms with E-state index in [1.165, 1.54) is 12.3 Å². The van der Waals surface area contributed by atoms with E-state index in [1.54, 1.807) is 6.07 Å². The van der Waals surface area contributed by atoms with E-state index < -0.39 is 11.8 Å². The zero-order chi connectivity index (χ0) is 17.6. The topological polar surface area (TPSA) is 110 Å². The molecule has 0 aliphatic rings. The van der Waals surface area contributed by atoms with Gasteiger partial charge in [-0.25, -0.2) is 0 Å². The molecule has 9 heteroatoms. The molecule has 2 heterocycles. The highest BCUT2D eigenvalue weighted by Crippen LogP contribution is 2.25. The SMILES string of the molecule is Cc1ccccc1-c1nnc(SCC(=O)NNC(=O)c2ccco2)o1. The van der Waals surface area contributed by atoms with Gasteiger partial charge in [0.1, 0.15) is 0 Å². The van der Waals surface area contributed by atoms with E-state index in [0.717, 1.165) is 22.9 Å². The van der Waals surface area contributed by atoms with Crippen LogP contribution in [0.1, 0.15) is 16.1 Å². The smallest absolute Gasteiger partial charge is 0.305 e. The van der Waals surface area contributed by atoms with E-state index in [9.17, 15) is 9.59 Å². The van der Waals surface area contributed by atoms with Crippen molar-refractivity contribution in [3.63, 3.8) is 0 Å². The molecule has 0 saturated heterocycles. The molecule has 0 spiro atoms. The number of amides is 2. The van der Waals surface area contributed by atoms with Gasteiger partial charge in [-0.2, -0.15) is 0 Å². The Morgan fingerprint density at radius 2 is 1.96 bits per heavy atom. The van der Waals surface area contributed by atoms with Gasteiger partial charge in [-0.1, -0.05) is 30.0 Å². The molecule has 3 aromatic rings. The predicted octanol–water partition coefficient (Wildman–Crippen LogP) is 2.19. The van der Waals surface area contributed by atoms with Crippen molar-refractivity contribution in [2.75, 3.05) is 5.75 Å². The van der Waals surface area contributed by atoms with Crippen molar-refractivity contribution < 1.29 is 18.4 Å². The van der Waals surface area contributed by atoms with E-state index in [2.05, 4.69) is 21.0 Å². The average molecular weight is 358 g/mol. The molecule has 0 bridgehead atoms. The van der Waals surface area contributed by atoms with E-state index in [1.807, 2.05) is 31.2 Å². The Morgan fingerprint density at radius 3 is 2.72 bits per heavy atom. The van der Waals surface area contributed by atoms with Crippen LogP contribution in [0.5, 0.6) is 0 Å². The van der Waals surface area contributed by atoms with Gasteiger partial charge >= 0.3 is 5.91 Å². The number of hydrogen-bond donors (Lipinski definition) is 2. The van der Waals surface area contributed by atoms with Crippen molar-refractivity contribution in [3.05, 3.63) is 54.0 Å². The summed E-state index contributed by atoms with van der Waals surface area (Å²) in [5.74, 6) is -0.447. The van der Waals surface area contributed by atoms with E-state index >= 15 is 0 Å². The lowest BCUT2D eigenvalue weighted by molar-refractivity contribution is -0.119. The van der Waals surface area contributed by atoms with Crippen LogP contribution in [-0.2, 0) is 4.79 Å². The molecule has 8 nitrogen and oxygen atoms in total. The van der Waals surface area contributed by atoms with Crippen molar-refractivity contribution in [2.24, 2.45) is 0 Å². The minimum atomic E-state index is -0.539. The number of carbonyl (C=O) groups excluding carboxylic acids is 2. The summed E-state index contributed by atoms with van der Waals surface area (Å²) >= 11 is 1.07. The highest BCUT2D eigenvalue weighted by Gasteiger charge is 2.13. The van der Waals surface area contributed by atoms with Crippen LogP contribution < -0.4 is 10.9 Å². The lowest BCUT2D eigenvalue weighted by Crippen LogP contribution is -2.42. The van der Waals surface area contributed by atoms with E-state index in [-0.39, 0.29) is 16.7 Å². The maximum atomic E-state index is 11.8. The van der Waals surface area contributed by atoms with Crippen LogP contribution in [0.2, 0.25) is 0 Å². The van der Waals surface area contributed by atoms with Gasteiger partial charge in [-0.15, -0.1) is 10.2 Å². The molecule has 3 rings (SSSR count). The molecular formula is C16H14N4O4S. The fourth-order valence-corrected chi connectivity index (χ4v) is 2.51. The first-order chi connectivity index (χ1) is 12.1. The maximum absolute atomic E-state index is 11.8. The molecule has 0 aliphatic heterocycles. The van der Waals surface area contributed by atoms with Gasteiger partial charge in [0.05, 0.1) is 12.0 Å². The Balaban J connectivity index is 1.50. The minimum absolute atomic E-state index is 0.00778. The van der Waals surface area contributed by atoms with Gasteiger partial charge in [0.2, 0.25) is 11.8 Å². The Bertz CT molecular complexity index is 876. The minimum Gasteiger partial charge on any atom is -0.459 e. The molecular weight excluding hydrogens is 344 g/mol. The third-order valence-electron chi connectivity index (χ3n) is 3.17. The molecule has 0 fully saturated rings. The molecule has 2 N–H and O–H groups in total. The van der Waals surface area contributed by atoms with E-state index in [4.69, 9.17) is 8.83 Å². The van der Waals surface area contributed by atoms with Crippen LogP contribution in [0, 0.1) is 6.92 Å². The van der Waals surface area contributed by atoms with Crippen LogP contribution in [0.4, 0.5) is 0 Å². The Labute approximate surface area is 147 Å². The van der Waals surface area contributed by atoms with Crippen LogP contribution in [-0.4, -0.2) is 27.8 Å². The summed E-state index contributed by atoms with van der Waals surface area (Å²) in [6, 6.07) is 10.7. The van der Waals surface area contributed by atoms with Gasteiger partial charge in [-0.3, -0.25) is 20.4 Å². The summed E-state index contributed by atoms with van der Waals surface area (Å²) in [5.41, 5.74) is 6.39. The maximum Gasteiger partial charge on any atom is 0.305 e. The number of aryl methyl sites for hydroxylation is 1. The largest absolute Gasteiger partial charge is 0.459 e. The zero-order valence-electron chi connectivity index (χ0n) is 13.2. The monoisotopic (exact) mass is 358 g/mol. The molecule has 1 aromatic carbocycles. The third kappa shape index (κ3) is 4.27. The number of hydrogen-bond acceptors (Lipinski definition) is 7. The molecule has 0 radical (unpaired) electrons. The highest BCUT2D eigenvalue weighted by atomic mass is 32.2.